The first-order chi connectivity index (χ1) is 10.2. The van der Waals surface area contributed by atoms with E-state index < -0.39 is 0 Å². The van der Waals surface area contributed by atoms with Crippen molar-refractivity contribution in [3.05, 3.63) is 56.9 Å². The molecule has 0 bridgehead atoms. The van der Waals surface area contributed by atoms with Crippen LogP contribution in [0.3, 0.4) is 0 Å². The van der Waals surface area contributed by atoms with Crippen molar-refractivity contribution >= 4 is 33.9 Å². The minimum absolute atomic E-state index is 0.0178. The van der Waals surface area contributed by atoms with Crippen LogP contribution >= 0.6 is 22.9 Å². The largest absolute Gasteiger partial charge is 0.459 e. The highest BCUT2D eigenvalue weighted by molar-refractivity contribution is 7.10. The van der Waals surface area contributed by atoms with Crippen molar-refractivity contribution in [3.63, 3.8) is 0 Å². The lowest BCUT2D eigenvalue weighted by Crippen LogP contribution is -2.22. The number of hydrogen-bond donors (Lipinski definition) is 1. The van der Waals surface area contributed by atoms with E-state index in [1.165, 1.54) is 0 Å². The smallest absolute Gasteiger partial charge is 0.137 e. The van der Waals surface area contributed by atoms with Crippen molar-refractivity contribution in [1.82, 2.24) is 5.32 Å². The highest BCUT2D eigenvalue weighted by Gasteiger charge is 2.22. The van der Waals surface area contributed by atoms with Gasteiger partial charge in [-0.1, -0.05) is 36.7 Å². The highest BCUT2D eigenvalue weighted by atomic mass is 35.5. The average molecular weight is 320 g/mol. The molecule has 0 aliphatic heterocycles. The van der Waals surface area contributed by atoms with Gasteiger partial charge in [-0.05, 0) is 43.0 Å². The van der Waals surface area contributed by atoms with Gasteiger partial charge in [-0.2, -0.15) is 0 Å². The third-order valence-corrected chi connectivity index (χ3v) is 4.97. The lowest BCUT2D eigenvalue weighted by atomic mass is 10.1. The molecule has 110 valence electrons. The topological polar surface area (TPSA) is 25.2 Å². The Morgan fingerprint density at radius 2 is 2.19 bits per heavy atom. The summed E-state index contributed by atoms with van der Waals surface area (Å²) in [5.74, 6) is 0.928. The maximum atomic E-state index is 6.32. The molecule has 1 atom stereocenters. The van der Waals surface area contributed by atoms with Crippen LogP contribution < -0.4 is 5.32 Å². The molecule has 2 aromatic heterocycles. The molecule has 4 heteroatoms. The van der Waals surface area contributed by atoms with E-state index in [1.54, 1.807) is 11.3 Å². The Labute approximate surface area is 133 Å². The van der Waals surface area contributed by atoms with Crippen molar-refractivity contribution in [2.75, 3.05) is 6.54 Å². The van der Waals surface area contributed by atoms with Crippen molar-refractivity contribution in [2.24, 2.45) is 0 Å². The van der Waals surface area contributed by atoms with Crippen LogP contribution in [0.1, 0.15) is 35.6 Å². The maximum absolute atomic E-state index is 6.32. The first kappa shape index (κ1) is 14.6. The SMILES string of the molecule is CCCNC(c1cc2cccc(C)c2o1)c1sccc1Cl. The molecule has 3 rings (SSSR count). The van der Waals surface area contributed by atoms with E-state index in [-0.39, 0.29) is 6.04 Å². The van der Waals surface area contributed by atoms with Crippen LogP contribution in [0, 0.1) is 6.92 Å². The summed E-state index contributed by atoms with van der Waals surface area (Å²) in [5.41, 5.74) is 2.12. The van der Waals surface area contributed by atoms with Crippen LogP contribution in [0.5, 0.6) is 0 Å². The quantitative estimate of drug-likeness (QED) is 0.667. The summed E-state index contributed by atoms with van der Waals surface area (Å²) < 4.78 is 6.12. The van der Waals surface area contributed by atoms with E-state index in [4.69, 9.17) is 16.0 Å². The minimum atomic E-state index is 0.0178. The van der Waals surface area contributed by atoms with E-state index in [0.29, 0.717) is 0 Å². The number of thiophene rings is 1. The predicted octanol–water partition coefficient (Wildman–Crippen LogP) is 5.55. The van der Waals surface area contributed by atoms with Gasteiger partial charge in [0.2, 0.25) is 0 Å². The van der Waals surface area contributed by atoms with E-state index in [1.807, 2.05) is 11.4 Å². The fourth-order valence-corrected chi connectivity index (χ4v) is 3.74. The van der Waals surface area contributed by atoms with Crippen molar-refractivity contribution in [1.29, 1.82) is 0 Å². The molecule has 0 spiro atoms. The van der Waals surface area contributed by atoms with E-state index in [9.17, 15) is 0 Å². The highest BCUT2D eigenvalue weighted by Crippen LogP contribution is 2.35. The first-order valence-electron chi connectivity index (χ1n) is 7.16. The summed E-state index contributed by atoms with van der Waals surface area (Å²) in [7, 11) is 0. The average Bonchev–Trinajstić information content (AvgIpc) is 3.07. The van der Waals surface area contributed by atoms with Gasteiger partial charge in [-0.3, -0.25) is 0 Å². The number of hydrogen-bond acceptors (Lipinski definition) is 3. The number of rotatable bonds is 5. The molecule has 1 aromatic carbocycles. The molecule has 0 saturated carbocycles. The zero-order chi connectivity index (χ0) is 14.8. The number of halogens is 1. The van der Waals surface area contributed by atoms with Crippen molar-refractivity contribution < 1.29 is 4.42 Å². The molecule has 2 nitrogen and oxygen atoms in total. The standard InChI is InChI=1S/C17H18ClNOS/c1-3-8-19-15(17-13(18)7-9-21-17)14-10-12-6-4-5-11(2)16(12)20-14/h4-7,9-10,15,19H,3,8H2,1-2H3. The normalized spacial score (nSPS) is 12.9. The fourth-order valence-electron chi connectivity index (χ4n) is 2.49. The van der Waals surface area contributed by atoms with Gasteiger partial charge >= 0.3 is 0 Å². The molecule has 0 amide bonds. The van der Waals surface area contributed by atoms with Gasteiger partial charge in [0.05, 0.1) is 5.02 Å². The lowest BCUT2D eigenvalue weighted by molar-refractivity contribution is 0.472. The van der Waals surface area contributed by atoms with Gasteiger partial charge < -0.3 is 9.73 Å². The summed E-state index contributed by atoms with van der Waals surface area (Å²) in [5, 5.41) is 7.50. The monoisotopic (exact) mass is 319 g/mol. The second-order valence-corrected chi connectivity index (χ2v) is 6.52. The molecule has 0 saturated heterocycles. The van der Waals surface area contributed by atoms with Gasteiger partial charge in [-0.25, -0.2) is 0 Å². The number of fused-ring (bicyclic) bond motifs is 1. The van der Waals surface area contributed by atoms with Crippen LogP contribution in [-0.4, -0.2) is 6.54 Å². The van der Waals surface area contributed by atoms with Crippen molar-refractivity contribution in [2.45, 2.75) is 26.3 Å². The number of aryl methyl sites for hydroxylation is 1. The molecule has 0 aliphatic carbocycles. The number of nitrogens with one attached hydrogen (secondary N) is 1. The zero-order valence-electron chi connectivity index (χ0n) is 12.2. The summed E-state index contributed by atoms with van der Waals surface area (Å²) >= 11 is 7.98. The van der Waals surface area contributed by atoms with Gasteiger partial charge in [0.25, 0.3) is 0 Å². The molecule has 1 unspecified atom stereocenters. The Kier molecular flexibility index (Phi) is 4.34. The third kappa shape index (κ3) is 2.86. The number of furan rings is 1. The Balaban J connectivity index is 2.05. The van der Waals surface area contributed by atoms with Crippen LogP contribution in [0.4, 0.5) is 0 Å². The Bertz CT molecular complexity index is 746. The second-order valence-electron chi connectivity index (χ2n) is 5.16. The van der Waals surface area contributed by atoms with Crippen LogP contribution in [0.15, 0.2) is 40.1 Å². The first-order valence-corrected chi connectivity index (χ1v) is 8.41. The third-order valence-electron chi connectivity index (χ3n) is 3.55. The van der Waals surface area contributed by atoms with E-state index >= 15 is 0 Å². The molecule has 3 aromatic rings. The fraction of sp³-hybridized carbons (Fsp3) is 0.294. The molecule has 2 heterocycles. The molecule has 1 N–H and O–H groups in total. The van der Waals surface area contributed by atoms with Crippen LogP contribution in [0.25, 0.3) is 11.0 Å². The summed E-state index contributed by atoms with van der Waals surface area (Å²) in [6.07, 6.45) is 1.07. The molecule has 0 fully saturated rings. The number of para-hydroxylation sites is 1. The van der Waals surface area contributed by atoms with Crippen LogP contribution in [0.2, 0.25) is 5.02 Å². The predicted molar refractivity (Wildman–Crippen MR) is 90.4 cm³/mol. The molecule has 21 heavy (non-hydrogen) atoms. The minimum Gasteiger partial charge on any atom is -0.459 e. The van der Waals surface area contributed by atoms with Gasteiger partial charge in [-0.15, -0.1) is 11.3 Å². The van der Waals surface area contributed by atoms with Gasteiger partial charge in [0.15, 0.2) is 0 Å². The summed E-state index contributed by atoms with van der Waals surface area (Å²) in [4.78, 5) is 1.11. The van der Waals surface area contributed by atoms with Gasteiger partial charge in [0, 0.05) is 10.3 Å². The zero-order valence-corrected chi connectivity index (χ0v) is 13.7. The summed E-state index contributed by atoms with van der Waals surface area (Å²) in [6.45, 7) is 5.15. The molecular formula is C17H18ClNOS. The maximum Gasteiger partial charge on any atom is 0.137 e. The lowest BCUT2D eigenvalue weighted by Gasteiger charge is -2.15. The molecule has 0 radical (unpaired) electrons. The van der Waals surface area contributed by atoms with Crippen molar-refractivity contribution in [3.8, 4) is 0 Å². The Hall–Kier alpha value is -1.29. The van der Waals surface area contributed by atoms with E-state index in [2.05, 4.69) is 43.4 Å². The number of benzene rings is 1. The molecular weight excluding hydrogens is 302 g/mol. The van der Waals surface area contributed by atoms with Crippen LogP contribution in [-0.2, 0) is 0 Å². The Morgan fingerprint density at radius 3 is 2.86 bits per heavy atom. The molecule has 0 aliphatic rings. The second kappa shape index (κ2) is 6.22. The Morgan fingerprint density at radius 1 is 1.33 bits per heavy atom. The van der Waals surface area contributed by atoms with E-state index in [0.717, 1.165) is 45.2 Å². The van der Waals surface area contributed by atoms with Gasteiger partial charge in [0.1, 0.15) is 17.4 Å². The summed E-state index contributed by atoms with van der Waals surface area (Å²) in [6, 6.07) is 10.3.